The van der Waals surface area contributed by atoms with E-state index in [1.807, 2.05) is 11.8 Å². The summed E-state index contributed by atoms with van der Waals surface area (Å²) in [5.41, 5.74) is 1.42. The molecular weight excluding hydrogens is 267 g/mol. The van der Waals surface area contributed by atoms with Gasteiger partial charge in [0.05, 0.1) is 0 Å². The Hall–Kier alpha value is 0.300. The van der Waals surface area contributed by atoms with Crippen molar-refractivity contribution in [2.45, 2.75) is 18.2 Å². The van der Waals surface area contributed by atoms with Gasteiger partial charge >= 0.3 is 0 Å². The van der Waals surface area contributed by atoms with Crippen molar-refractivity contribution in [1.82, 2.24) is 0 Å². The summed E-state index contributed by atoms with van der Waals surface area (Å²) in [6.45, 7) is 2.18. The second-order valence-electron chi connectivity index (χ2n) is 2.32. The van der Waals surface area contributed by atoms with E-state index in [0.717, 1.165) is 6.42 Å². The topological polar surface area (TPSA) is 0 Å². The summed E-state index contributed by atoms with van der Waals surface area (Å²) in [6.07, 6.45) is 3.24. The molecule has 0 saturated heterocycles. The molecular formula is C9H11IS. The van der Waals surface area contributed by atoms with Crippen LogP contribution in [0.4, 0.5) is 0 Å². The van der Waals surface area contributed by atoms with Crippen LogP contribution >= 0.6 is 34.4 Å². The molecule has 0 amide bonds. The molecule has 2 heteroatoms. The molecule has 0 nitrogen and oxygen atoms in total. The average molecular weight is 278 g/mol. The Labute approximate surface area is 85.9 Å². The zero-order valence-electron chi connectivity index (χ0n) is 6.73. The lowest BCUT2D eigenvalue weighted by Gasteiger charge is -2.02. The highest BCUT2D eigenvalue weighted by Crippen LogP contribution is 2.23. The van der Waals surface area contributed by atoms with E-state index in [9.17, 15) is 0 Å². The number of thioether (sulfide) groups is 1. The molecule has 0 heterocycles. The van der Waals surface area contributed by atoms with Gasteiger partial charge in [0, 0.05) is 8.47 Å². The smallest absolute Gasteiger partial charge is 0.0268 e. The second kappa shape index (κ2) is 4.36. The first-order valence-corrected chi connectivity index (χ1v) is 5.90. The van der Waals surface area contributed by atoms with Gasteiger partial charge in [0.25, 0.3) is 0 Å². The highest BCUT2D eigenvalue weighted by Gasteiger charge is 1.97. The van der Waals surface area contributed by atoms with Crippen molar-refractivity contribution in [3.63, 3.8) is 0 Å². The Morgan fingerprint density at radius 2 is 2.18 bits per heavy atom. The van der Waals surface area contributed by atoms with Crippen LogP contribution in [0.3, 0.4) is 0 Å². The molecule has 1 rings (SSSR count). The maximum Gasteiger partial charge on any atom is 0.0268 e. The van der Waals surface area contributed by atoms with E-state index in [1.165, 1.54) is 14.0 Å². The molecule has 0 atom stereocenters. The molecule has 0 spiro atoms. The molecule has 0 aromatic heterocycles. The van der Waals surface area contributed by atoms with Crippen molar-refractivity contribution in [1.29, 1.82) is 0 Å². The van der Waals surface area contributed by atoms with Gasteiger partial charge in [-0.25, -0.2) is 0 Å². The normalized spacial score (nSPS) is 10.1. The van der Waals surface area contributed by atoms with Crippen molar-refractivity contribution >= 4 is 34.4 Å². The van der Waals surface area contributed by atoms with E-state index in [4.69, 9.17) is 0 Å². The summed E-state index contributed by atoms with van der Waals surface area (Å²) >= 11 is 4.20. The molecule has 0 saturated carbocycles. The van der Waals surface area contributed by atoms with E-state index >= 15 is 0 Å². The molecule has 0 N–H and O–H groups in total. The van der Waals surface area contributed by atoms with Gasteiger partial charge in [-0.3, -0.25) is 0 Å². The van der Waals surface area contributed by atoms with E-state index in [0.29, 0.717) is 0 Å². The molecule has 11 heavy (non-hydrogen) atoms. The minimum atomic E-state index is 1.13. The van der Waals surface area contributed by atoms with Crippen LogP contribution in [0, 0.1) is 3.57 Å². The monoisotopic (exact) mass is 278 g/mol. The zero-order chi connectivity index (χ0) is 8.27. The summed E-state index contributed by atoms with van der Waals surface area (Å²) in [4.78, 5) is 1.38. The molecule has 0 bridgehead atoms. The minimum absolute atomic E-state index is 1.13. The van der Waals surface area contributed by atoms with Gasteiger partial charge in [0.1, 0.15) is 0 Å². The number of benzene rings is 1. The number of rotatable bonds is 2. The minimum Gasteiger partial charge on any atom is -0.128 e. The van der Waals surface area contributed by atoms with Gasteiger partial charge in [-0.05, 0) is 53.0 Å². The molecule has 0 fully saturated rings. The van der Waals surface area contributed by atoms with Gasteiger partial charge in [0.15, 0.2) is 0 Å². The van der Waals surface area contributed by atoms with Crippen LogP contribution in [0.25, 0.3) is 0 Å². The predicted octanol–water partition coefficient (Wildman–Crippen LogP) is 3.58. The van der Waals surface area contributed by atoms with Crippen LogP contribution in [0.15, 0.2) is 23.1 Å². The number of halogens is 1. The summed E-state index contributed by atoms with van der Waals surface area (Å²) in [7, 11) is 0. The lowest BCUT2D eigenvalue weighted by molar-refractivity contribution is 1.12. The maximum absolute atomic E-state index is 2.39. The summed E-state index contributed by atoms with van der Waals surface area (Å²) in [5, 5.41) is 0. The van der Waals surface area contributed by atoms with E-state index < -0.39 is 0 Å². The van der Waals surface area contributed by atoms with Gasteiger partial charge in [-0.15, -0.1) is 11.8 Å². The number of hydrogen-bond acceptors (Lipinski definition) is 1. The van der Waals surface area contributed by atoms with Gasteiger partial charge < -0.3 is 0 Å². The Bertz CT molecular complexity index is 245. The lowest BCUT2D eigenvalue weighted by atomic mass is 10.2. The van der Waals surface area contributed by atoms with Gasteiger partial charge in [-0.1, -0.05) is 13.0 Å². The highest BCUT2D eigenvalue weighted by atomic mass is 127. The van der Waals surface area contributed by atoms with Crippen molar-refractivity contribution in [3.8, 4) is 0 Å². The van der Waals surface area contributed by atoms with Gasteiger partial charge in [-0.2, -0.15) is 0 Å². The van der Waals surface area contributed by atoms with Crippen molar-refractivity contribution in [2.75, 3.05) is 6.26 Å². The van der Waals surface area contributed by atoms with E-state index in [-0.39, 0.29) is 0 Å². The lowest BCUT2D eigenvalue weighted by Crippen LogP contribution is -1.83. The number of aryl methyl sites for hydroxylation is 1. The molecule has 1 aromatic carbocycles. The van der Waals surface area contributed by atoms with Crippen molar-refractivity contribution < 1.29 is 0 Å². The molecule has 0 unspecified atom stereocenters. The summed E-state index contributed by atoms with van der Waals surface area (Å²) < 4.78 is 1.37. The first-order chi connectivity index (χ1) is 5.27. The summed E-state index contributed by atoms with van der Waals surface area (Å²) in [5.74, 6) is 0. The predicted molar refractivity (Wildman–Crippen MR) is 60.3 cm³/mol. The molecule has 0 aliphatic rings. The summed E-state index contributed by atoms with van der Waals surface area (Å²) in [6, 6.07) is 6.66. The molecule has 0 aliphatic carbocycles. The van der Waals surface area contributed by atoms with Gasteiger partial charge in [0.2, 0.25) is 0 Å². The third-order valence-electron chi connectivity index (χ3n) is 1.62. The Morgan fingerprint density at radius 1 is 1.45 bits per heavy atom. The quantitative estimate of drug-likeness (QED) is 0.588. The maximum atomic E-state index is 2.39. The van der Waals surface area contributed by atoms with Crippen LogP contribution in [0.5, 0.6) is 0 Å². The van der Waals surface area contributed by atoms with E-state index in [1.54, 1.807) is 0 Å². The first-order valence-electron chi connectivity index (χ1n) is 3.60. The SMILES string of the molecule is CCc1ccc(SC)c(I)c1. The fourth-order valence-corrected chi connectivity index (χ4v) is 2.63. The molecule has 60 valence electrons. The van der Waals surface area contributed by atoms with E-state index in [2.05, 4.69) is 54.0 Å². The fourth-order valence-electron chi connectivity index (χ4n) is 0.930. The average Bonchev–Trinajstić information content (AvgIpc) is 2.04. The van der Waals surface area contributed by atoms with Crippen LogP contribution in [0.2, 0.25) is 0 Å². The molecule has 0 radical (unpaired) electrons. The zero-order valence-corrected chi connectivity index (χ0v) is 9.70. The Balaban J connectivity index is 2.99. The number of hydrogen-bond donors (Lipinski definition) is 0. The van der Waals surface area contributed by atoms with Crippen LogP contribution in [-0.2, 0) is 6.42 Å². The molecule has 0 aliphatic heterocycles. The van der Waals surface area contributed by atoms with Crippen LogP contribution in [0.1, 0.15) is 12.5 Å². The van der Waals surface area contributed by atoms with Crippen LogP contribution < -0.4 is 0 Å². The third-order valence-corrected chi connectivity index (χ3v) is 3.68. The fraction of sp³-hybridized carbons (Fsp3) is 0.333. The second-order valence-corrected chi connectivity index (χ2v) is 4.33. The standard InChI is InChI=1S/C9H11IS/c1-3-7-4-5-9(11-2)8(10)6-7/h4-6H,3H2,1-2H3. The van der Waals surface area contributed by atoms with Crippen molar-refractivity contribution in [2.24, 2.45) is 0 Å². The highest BCUT2D eigenvalue weighted by molar-refractivity contribution is 14.1. The van der Waals surface area contributed by atoms with Crippen LogP contribution in [-0.4, -0.2) is 6.26 Å². The Kier molecular flexibility index (Phi) is 3.72. The molecule has 1 aromatic rings. The first kappa shape index (κ1) is 9.39. The third kappa shape index (κ3) is 2.37. The largest absolute Gasteiger partial charge is 0.128 e. The van der Waals surface area contributed by atoms with Crippen molar-refractivity contribution in [3.05, 3.63) is 27.3 Å². The Morgan fingerprint density at radius 3 is 2.64 bits per heavy atom.